The van der Waals surface area contributed by atoms with E-state index < -0.39 is 53.5 Å². The van der Waals surface area contributed by atoms with Gasteiger partial charge in [0.05, 0.1) is 19.2 Å². The number of hydrogen-bond donors (Lipinski definition) is 1. The Balaban J connectivity index is 1.64. The van der Waals surface area contributed by atoms with Crippen molar-refractivity contribution in [2.75, 3.05) is 32.7 Å². The number of nitrogens with zero attached hydrogens (tertiary/aromatic N) is 2. The summed E-state index contributed by atoms with van der Waals surface area (Å²) in [4.78, 5) is 63.5. The highest BCUT2D eigenvalue weighted by Crippen LogP contribution is 2.30. The molecule has 4 rings (SSSR count). The quantitative estimate of drug-likeness (QED) is 0.337. The van der Waals surface area contributed by atoms with E-state index in [1.807, 2.05) is 0 Å². The number of anilines is 1. The largest absolute Gasteiger partial charge is 0.486 e. The summed E-state index contributed by atoms with van der Waals surface area (Å²) < 4.78 is 22.1. The molecule has 0 bridgehead atoms. The summed E-state index contributed by atoms with van der Waals surface area (Å²) in [5.74, 6) is -2.27. The van der Waals surface area contributed by atoms with Crippen molar-refractivity contribution in [2.24, 2.45) is 0 Å². The molecule has 0 saturated heterocycles. The lowest BCUT2D eigenvalue weighted by Gasteiger charge is -2.18. The van der Waals surface area contributed by atoms with Crippen LogP contribution in [0.1, 0.15) is 26.3 Å². The van der Waals surface area contributed by atoms with E-state index in [1.165, 1.54) is 18.2 Å². The van der Waals surface area contributed by atoms with Gasteiger partial charge in [-0.05, 0) is 23.8 Å². The molecule has 0 radical (unpaired) electrons. The first-order valence-electron chi connectivity index (χ1n) is 11.1. The molecule has 0 amide bonds. The van der Waals surface area contributed by atoms with Crippen molar-refractivity contribution in [1.29, 1.82) is 0 Å². The maximum absolute atomic E-state index is 13.1. The number of methoxy groups -OCH3 is 1. The maximum Gasteiger partial charge on any atom is 0.338 e. The average Bonchev–Trinajstić information content (AvgIpc) is 2.92. The molecule has 0 spiro atoms. The van der Waals surface area contributed by atoms with Gasteiger partial charge in [-0.3, -0.25) is 19.0 Å². The second kappa shape index (κ2) is 10.8. The zero-order chi connectivity index (χ0) is 26.5. The molecule has 192 valence electrons. The van der Waals surface area contributed by atoms with Crippen molar-refractivity contribution in [3.05, 3.63) is 86.1 Å². The highest BCUT2D eigenvalue weighted by molar-refractivity contribution is 6.02. The molecule has 37 heavy (non-hydrogen) atoms. The summed E-state index contributed by atoms with van der Waals surface area (Å²) in [7, 11) is 1.09. The van der Waals surface area contributed by atoms with Gasteiger partial charge in [0.15, 0.2) is 18.1 Å². The van der Waals surface area contributed by atoms with E-state index in [-0.39, 0.29) is 12.1 Å². The summed E-state index contributed by atoms with van der Waals surface area (Å²) in [6.07, 6.45) is 0. The molecule has 0 atom stereocenters. The summed E-state index contributed by atoms with van der Waals surface area (Å²) in [5.41, 5.74) is 4.27. The second-order valence-corrected chi connectivity index (χ2v) is 7.94. The van der Waals surface area contributed by atoms with E-state index in [0.29, 0.717) is 34.8 Å². The standard InChI is InChI=1S/C25H23N3O9/c1-34-20(30)13-28-23(31)21(22(26)27(25(28)33)12-15-5-3-2-4-6-15)17(29)14-37-24(32)16-7-8-18-19(11-16)36-10-9-35-18/h2-8,11H,9-10,12-14,26H2,1H3. The van der Waals surface area contributed by atoms with Gasteiger partial charge in [0.25, 0.3) is 5.56 Å². The average molecular weight is 509 g/mol. The van der Waals surface area contributed by atoms with Crippen LogP contribution in [0.4, 0.5) is 5.82 Å². The van der Waals surface area contributed by atoms with Gasteiger partial charge in [0.2, 0.25) is 5.78 Å². The van der Waals surface area contributed by atoms with Gasteiger partial charge in [-0.2, -0.15) is 0 Å². The van der Waals surface area contributed by atoms with Crippen LogP contribution in [0, 0.1) is 0 Å². The molecule has 12 nitrogen and oxygen atoms in total. The third-order valence-electron chi connectivity index (χ3n) is 5.56. The Bertz CT molecular complexity index is 1480. The highest BCUT2D eigenvalue weighted by atomic mass is 16.6. The number of ketones is 1. The molecular weight excluding hydrogens is 486 g/mol. The number of carbonyl (C=O) groups excluding carboxylic acids is 3. The number of ether oxygens (including phenoxy) is 4. The predicted octanol–water partition coefficient (Wildman–Crippen LogP) is 0.624. The molecular formula is C25H23N3O9. The van der Waals surface area contributed by atoms with Crippen molar-refractivity contribution in [2.45, 2.75) is 13.1 Å². The minimum absolute atomic E-state index is 0.0791. The third-order valence-corrected chi connectivity index (χ3v) is 5.56. The molecule has 0 aliphatic carbocycles. The first-order valence-corrected chi connectivity index (χ1v) is 11.1. The lowest BCUT2D eigenvalue weighted by atomic mass is 10.1. The Morgan fingerprint density at radius 1 is 0.973 bits per heavy atom. The minimum Gasteiger partial charge on any atom is -0.486 e. The maximum atomic E-state index is 13.1. The number of esters is 2. The smallest absolute Gasteiger partial charge is 0.338 e. The molecule has 2 aromatic carbocycles. The zero-order valence-corrected chi connectivity index (χ0v) is 19.8. The molecule has 12 heteroatoms. The van der Waals surface area contributed by atoms with Crippen LogP contribution >= 0.6 is 0 Å². The van der Waals surface area contributed by atoms with Gasteiger partial charge in [-0.25, -0.2) is 14.2 Å². The van der Waals surface area contributed by atoms with Crippen molar-refractivity contribution < 1.29 is 33.3 Å². The summed E-state index contributed by atoms with van der Waals surface area (Å²) >= 11 is 0. The number of hydrogen-bond acceptors (Lipinski definition) is 10. The van der Waals surface area contributed by atoms with Crippen molar-refractivity contribution in [3.8, 4) is 11.5 Å². The number of fused-ring (bicyclic) bond motifs is 1. The van der Waals surface area contributed by atoms with Crippen LogP contribution in [-0.2, 0) is 27.4 Å². The van der Waals surface area contributed by atoms with E-state index in [0.717, 1.165) is 11.7 Å². The summed E-state index contributed by atoms with van der Waals surface area (Å²) in [6, 6.07) is 13.1. The second-order valence-electron chi connectivity index (χ2n) is 7.94. The monoisotopic (exact) mass is 509 g/mol. The normalized spacial score (nSPS) is 12.0. The van der Waals surface area contributed by atoms with Crippen LogP contribution in [0.2, 0.25) is 0 Å². The molecule has 0 saturated carbocycles. The van der Waals surface area contributed by atoms with E-state index in [1.54, 1.807) is 30.3 Å². The summed E-state index contributed by atoms with van der Waals surface area (Å²) in [6.45, 7) is -0.953. The molecule has 1 aromatic heterocycles. The fourth-order valence-electron chi connectivity index (χ4n) is 3.69. The van der Waals surface area contributed by atoms with E-state index >= 15 is 0 Å². The van der Waals surface area contributed by atoms with Gasteiger partial charge in [-0.15, -0.1) is 0 Å². The Morgan fingerprint density at radius 3 is 2.38 bits per heavy atom. The molecule has 0 unspecified atom stereocenters. The fourth-order valence-corrected chi connectivity index (χ4v) is 3.69. The van der Waals surface area contributed by atoms with Crippen molar-refractivity contribution in [1.82, 2.24) is 9.13 Å². The van der Waals surface area contributed by atoms with Gasteiger partial charge >= 0.3 is 17.6 Å². The highest BCUT2D eigenvalue weighted by Gasteiger charge is 2.25. The van der Waals surface area contributed by atoms with E-state index in [4.69, 9.17) is 19.9 Å². The van der Waals surface area contributed by atoms with Crippen LogP contribution in [0.3, 0.4) is 0 Å². The first kappa shape index (κ1) is 25.2. The molecule has 0 fully saturated rings. The Morgan fingerprint density at radius 2 is 1.68 bits per heavy atom. The number of nitrogens with two attached hydrogens (primary N) is 1. The SMILES string of the molecule is COC(=O)Cn1c(=O)c(C(=O)COC(=O)c2ccc3c(c2)OCCO3)c(N)n(Cc2ccccc2)c1=O. The topological polar surface area (TPSA) is 158 Å². The minimum atomic E-state index is -1.10. The van der Waals surface area contributed by atoms with Crippen molar-refractivity contribution >= 4 is 23.5 Å². The third kappa shape index (κ3) is 5.37. The van der Waals surface area contributed by atoms with E-state index in [9.17, 15) is 24.0 Å². The lowest BCUT2D eigenvalue weighted by molar-refractivity contribution is -0.141. The van der Waals surface area contributed by atoms with Gasteiger partial charge in [0, 0.05) is 0 Å². The Labute approximate surface area is 209 Å². The molecule has 1 aliphatic heterocycles. The molecule has 2 N–H and O–H groups in total. The number of aromatic nitrogens is 2. The van der Waals surface area contributed by atoms with Crippen LogP contribution < -0.4 is 26.5 Å². The van der Waals surface area contributed by atoms with Gasteiger partial charge in [-0.1, -0.05) is 30.3 Å². The van der Waals surface area contributed by atoms with Crippen LogP contribution in [0.15, 0.2) is 58.1 Å². The zero-order valence-electron chi connectivity index (χ0n) is 19.8. The van der Waals surface area contributed by atoms with Gasteiger partial charge < -0.3 is 24.7 Å². The van der Waals surface area contributed by atoms with Crippen molar-refractivity contribution in [3.63, 3.8) is 0 Å². The number of Topliss-reactive ketones (excluding diaryl/α,β-unsaturated/α-hetero) is 1. The Hall–Kier alpha value is -4.87. The van der Waals surface area contributed by atoms with Crippen LogP contribution in [0.5, 0.6) is 11.5 Å². The van der Waals surface area contributed by atoms with Gasteiger partial charge in [0.1, 0.15) is 31.1 Å². The molecule has 1 aliphatic rings. The number of benzene rings is 2. The number of nitrogen functional groups attached to an aromatic ring is 1. The Kier molecular flexibility index (Phi) is 7.37. The number of carbonyl (C=O) groups is 3. The lowest BCUT2D eigenvalue weighted by Crippen LogP contribution is -2.46. The number of rotatable bonds is 8. The fraction of sp³-hybridized carbons (Fsp3) is 0.240. The first-order chi connectivity index (χ1) is 17.8. The molecule has 2 heterocycles. The predicted molar refractivity (Wildman–Crippen MR) is 129 cm³/mol. The van der Waals surface area contributed by atoms with Crippen LogP contribution in [-0.4, -0.2) is 53.8 Å². The van der Waals surface area contributed by atoms with E-state index in [2.05, 4.69) is 4.74 Å². The summed E-state index contributed by atoms with van der Waals surface area (Å²) in [5, 5.41) is 0. The van der Waals surface area contributed by atoms with Crippen LogP contribution in [0.25, 0.3) is 0 Å². The molecule has 3 aromatic rings.